The molecular formula is C10H16N4O4. The van der Waals surface area contributed by atoms with Gasteiger partial charge in [-0.2, -0.15) is 10.2 Å². The predicted molar refractivity (Wildman–Crippen MR) is 64.4 cm³/mol. The molecule has 0 aromatic heterocycles. The Bertz CT molecular complexity index is 330. The fourth-order valence-corrected chi connectivity index (χ4v) is 1.39. The van der Waals surface area contributed by atoms with Crippen molar-refractivity contribution >= 4 is 23.6 Å². The van der Waals surface area contributed by atoms with Crippen LogP contribution in [0.2, 0.25) is 0 Å². The second-order valence-electron chi connectivity index (χ2n) is 3.56. The van der Waals surface area contributed by atoms with E-state index in [-0.39, 0.29) is 0 Å². The normalized spacial score (nSPS) is 14.6. The lowest BCUT2D eigenvalue weighted by Crippen LogP contribution is -2.24. The van der Waals surface area contributed by atoms with Crippen molar-refractivity contribution in [1.29, 1.82) is 0 Å². The van der Waals surface area contributed by atoms with Gasteiger partial charge in [0, 0.05) is 11.4 Å². The smallest absolute Gasteiger partial charge is 0.427 e. The number of carbonyl (C=O) groups excluding carboxylic acids is 2. The molecule has 2 amide bonds. The summed E-state index contributed by atoms with van der Waals surface area (Å²) in [5.41, 5.74) is 6.29. The third-order valence-corrected chi connectivity index (χ3v) is 2.39. The van der Waals surface area contributed by atoms with Crippen LogP contribution < -0.4 is 10.9 Å². The van der Waals surface area contributed by atoms with Crippen molar-refractivity contribution in [2.45, 2.75) is 25.7 Å². The molecule has 1 saturated carbocycles. The van der Waals surface area contributed by atoms with Crippen molar-refractivity contribution in [1.82, 2.24) is 10.9 Å². The maximum atomic E-state index is 10.8. The minimum absolute atomic E-state index is 0.589. The van der Waals surface area contributed by atoms with Crippen molar-refractivity contribution in [2.24, 2.45) is 10.2 Å². The molecule has 0 unspecified atom stereocenters. The second-order valence-corrected chi connectivity index (χ2v) is 3.56. The largest absolute Gasteiger partial charge is 0.452 e. The minimum atomic E-state index is -0.589. The van der Waals surface area contributed by atoms with Crippen molar-refractivity contribution in [3.63, 3.8) is 0 Å². The Kier molecular flexibility index (Phi) is 5.62. The summed E-state index contributed by atoms with van der Waals surface area (Å²) in [5.74, 6) is 0. The van der Waals surface area contributed by atoms with E-state index in [1.165, 1.54) is 14.2 Å². The number of hydrazone groups is 2. The molecule has 1 rings (SSSR count). The highest BCUT2D eigenvalue weighted by Crippen LogP contribution is 2.12. The molecule has 1 aliphatic rings. The first-order valence-electron chi connectivity index (χ1n) is 5.44. The third kappa shape index (κ3) is 4.81. The first-order valence-corrected chi connectivity index (χ1v) is 5.44. The van der Waals surface area contributed by atoms with E-state index >= 15 is 0 Å². The van der Waals surface area contributed by atoms with Gasteiger partial charge >= 0.3 is 12.2 Å². The Hall–Kier alpha value is -2.12. The van der Waals surface area contributed by atoms with E-state index in [2.05, 4.69) is 30.5 Å². The molecule has 2 N–H and O–H groups in total. The Morgan fingerprint density at radius 2 is 1.22 bits per heavy atom. The van der Waals surface area contributed by atoms with Crippen molar-refractivity contribution < 1.29 is 19.1 Å². The molecule has 1 fully saturated rings. The maximum absolute atomic E-state index is 10.8. The van der Waals surface area contributed by atoms with E-state index in [0.717, 1.165) is 11.4 Å². The lowest BCUT2D eigenvalue weighted by Gasteiger charge is -2.14. The predicted octanol–water partition coefficient (Wildman–Crippen LogP) is 0.984. The lowest BCUT2D eigenvalue weighted by molar-refractivity contribution is 0.170. The molecule has 0 atom stereocenters. The Labute approximate surface area is 104 Å². The van der Waals surface area contributed by atoms with Gasteiger partial charge in [-0.1, -0.05) is 0 Å². The zero-order valence-electron chi connectivity index (χ0n) is 10.4. The summed E-state index contributed by atoms with van der Waals surface area (Å²) in [4.78, 5) is 21.6. The quantitative estimate of drug-likeness (QED) is 0.719. The topological polar surface area (TPSA) is 101 Å². The van der Waals surface area contributed by atoms with Crippen molar-refractivity contribution in [2.75, 3.05) is 14.2 Å². The number of methoxy groups -OCH3 is 2. The monoisotopic (exact) mass is 256 g/mol. The van der Waals surface area contributed by atoms with Crippen molar-refractivity contribution in [3.05, 3.63) is 0 Å². The summed E-state index contributed by atoms with van der Waals surface area (Å²) in [6.07, 6.45) is 1.57. The van der Waals surface area contributed by atoms with Crippen molar-refractivity contribution in [3.8, 4) is 0 Å². The lowest BCUT2D eigenvalue weighted by atomic mass is 9.97. The van der Waals surface area contributed by atoms with Crippen LogP contribution in [0.4, 0.5) is 9.59 Å². The van der Waals surface area contributed by atoms with Crippen LogP contribution in [0.15, 0.2) is 10.2 Å². The van der Waals surface area contributed by atoms with E-state index < -0.39 is 12.2 Å². The molecule has 0 radical (unpaired) electrons. The number of nitrogens with one attached hydrogen (secondary N) is 2. The number of carbonyl (C=O) groups is 2. The van der Waals surface area contributed by atoms with E-state index in [9.17, 15) is 9.59 Å². The van der Waals surface area contributed by atoms with Crippen LogP contribution in [-0.4, -0.2) is 37.8 Å². The first kappa shape index (κ1) is 13.9. The number of ether oxygens (including phenoxy) is 2. The van der Waals surface area contributed by atoms with Gasteiger partial charge in [0.15, 0.2) is 0 Å². The number of amides is 2. The highest BCUT2D eigenvalue weighted by atomic mass is 16.5. The van der Waals surface area contributed by atoms with Gasteiger partial charge in [0.25, 0.3) is 0 Å². The van der Waals surface area contributed by atoms with Crippen LogP contribution >= 0.6 is 0 Å². The van der Waals surface area contributed by atoms with Gasteiger partial charge in [0.2, 0.25) is 0 Å². The summed E-state index contributed by atoms with van der Waals surface area (Å²) < 4.78 is 8.79. The average molecular weight is 256 g/mol. The molecule has 0 aromatic carbocycles. The minimum Gasteiger partial charge on any atom is -0.452 e. The van der Waals surface area contributed by atoms with Gasteiger partial charge in [0.1, 0.15) is 0 Å². The van der Waals surface area contributed by atoms with Crippen LogP contribution in [0.1, 0.15) is 25.7 Å². The van der Waals surface area contributed by atoms with Gasteiger partial charge < -0.3 is 9.47 Å². The van der Waals surface area contributed by atoms with Gasteiger partial charge in [-0.05, 0) is 25.7 Å². The third-order valence-electron chi connectivity index (χ3n) is 2.39. The maximum Gasteiger partial charge on any atom is 0.427 e. The molecule has 0 spiro atoms. The summed E-state index contributed by atoms with van der Waals surface area (Å²) in [5, 5.41) is 7.85. The van der Waals surface area contributed by atoms with E-state index in [1.807, 2.05) is 0 Å². The van der Waals surface area contributed by atoms with Crippen LogP contribution in [0.5, 0.6) is 0 Å². The average Bonchev–Trinajstić information content (AvgIpc) is 2.43. The van der Waals surface area contributed by atoms with Gasteiger partial charge in [-0.15, -0.1) is 0 Å². The highest BCUT2D eigenvalue weighted by Gasteiger charge is 2.13. The summed E-state index contributed by atoms with van der Waals surface area (Å²) in [7, 11) is 2.55. The van der Waals surface area contributed by atoms with Crippen LogP contribution in [0.3, 0.4) is 0 Å². The number of hydrogen-bond acceptors (Lipinski definition) is 6. The van der Waals surface area contributed by atoms with E-state index in [0.29, 0.717) is 25.7 Å². The molecular weight excluding hydrogens is 240 g/mol. The Morgan fingerprint density at radius 1 is 0.889 bits per heavy atom. The van der Waals surface area contributed by atoms with Gasteiger partial charge in [-0.3, -0.25) is 0 Å². The fourth-order valence-electron chi connectivity index (χ4n) is 1.39. The van der Waals surface area contributed by atoms with Crippen LogP contribution in [0.25, 0.3) is 0 Å². The molecule has 100 valence electrons. The molecule has 1 aliphatic carbocycles. The SMILES string of the molecule is COC(=O)NN=C1CCC(=NNC(=O)OC)CC1. The molecule has 8 nitrogen and oxygen atoms in total. The molecule has 0 saturated heterocycles. The Morgan fingerprint density at radius 3 is 1.50 bits per heavy atom. The summed E-state index contributed by atoms with van der Waals surface area (Å²) >= 11 is 0. The first-order chi connectivity index (χ1) is 8.65. The summed E-state index contributed by atoms with van der Waals surface area (Å²) in [6, 6.07) is 0. The molecule has 0 heterocycles. The van der Waals surface area contributed by atoms with E-state index in [1.54, 1.807) is 0 Å². The number of rotatable bonds is 2. The standard InChI is InChI=1S/C10H16N4O4/c1-17-9(15)13-11-7-3-5-8(6-4-7)12-14-10(16)18-2/h3-6H2,1-2H3,(H,13,15)(H,14,16). The zero-order valence-corrected chi connectivity index (χ0v) is 10.4. The van der Waals surface area contributed by atoms with E-state index in [4.69, 9.17) is 0 Å². The molecule has 8 heteroatoms. The molecule has 0 aromatic rings. The zero-order chi connectivity index (χ0) is 13.4. The van der Waals surface area contributed by atoms with Gasteiger partial charge in [-0.25, -0.2) is 20.4 Å². The van der Waals surface area contributed by atoms with Crippen LogP contribution in [0, 0.1) is 0 Å². The fraction of sp³-hybridized carbons (Fsp3) is 0.600. The van der Waals surface area contributed by atoms with Gasteiger partial charge in [0.05, 0.1) is 14.2 Å². The molecule has 0 bridgehead atoms. The summed E-state index contributed by atoms with van der Waals surface area (Å²) in [6.45, 7) is 0. The second kappa shape index (κ2) is 7.25. The Balaban J connectivity index is 2.36. The number of nitrogens with zero attached hydrogens (tertiary/aromatic N) is 2. The highest BCUT2D eigenvalue weighted by molar-refractivity contribution is 5.98. The van der Waals surface area contributed by atoms with Crippen LogP contribution in [-0.2, 0) is 9.47 Å². The molecule has 0 aliphatic heterocycles. The number of hydrogen-bond donors (Lipinski definition) is 2. The molecule has 18 heavy (non-hydrogen) atoms.